The van der Waals surface area contributed by atoms with Crippen LogP contribution in [-0.2, 0) is 11.0 Å². The monoisotopic (exact) mass is 287 g/mol. The van der Waals surface area contributed by atoms with Gasteiger partial charge in [0.05, 0.1) is 12.2 Å². The zero-order valence-electron chi connectivity index (χ0n) is 10.1. The Bertz CT molecular complexity index is 513. The van der Waals surface area contributed by atoms with E-state index in [0.29, 0.717) is 0 Å². The first-order valence-corrected chi connectivity index (χ1v) is 7.03. The molecule has 1 heterocycles. The molecule has 1 rings (SSSR count). The number of amides is 1. The maximum Gasteiger partial charge on any atom is 0.259 e. The van der Waals surface area contributed by atoms with Gasteiger partial charge < -0.3 is 15.7 Å². The summed E-state index contributed by atoms with van der Waals surface area (Å²) >= 11 is 0. The van der Waals surface area contributed by atoms with E-state index in [1.165, 1.54) is 13.1 Å². The van der Waals surface area contributed by atoms with Gasteiger partial charge in [-0.2, -0.15) is 0 Å². The molecule has 0 aromatic carbocycles. The van der Waals surface area contributed by atoms with E-state index in [2.05, 4.69) is 9.98 Å². The van der Waals surface area contributed by atoms with Crippen LogP contribution in [0, 0.1) is 6.92 Å². The van der Waals surface area contributed by atoms with Crippen molar-refractivity contribution in [3.63, 3.8) is 0 Å². The van der Waals surface area contributed by atoms with Crippen molar-refractivity contribution in [1.82, 2.24) is 4.98 Å². The zero-order valence-corrected chi connectivity index (χ0v) is 11.0. The fourth-order valence-electron chi connectivity index (χ4n) is 1.33. The number of aryl methyl sites for hydroxylation is 1. The molecule has 0 fully saturated rings. The summed E-state index contributed by atoms with van der Waals surface area (Å²) in [6.07, 6.45) is 1.65. The molecular weight excluding hydrogens is 273 g/mol. The molecule has 8 nitrogen and oxygen atoms in total. The largest absolute Gasteiger partial charge is 0.632 e. The van der Waals surface area contributed by atoms with Crippen LogP contribution in [-0.4, -0.2) is 38.5 Å². The predicted octanol–water partition coefficient (Wildman–Crippen LogP) is -1.39. The number of hydrogen-bond donors (Lipinski definition) is 4. The number of nitrogens with zero attached hydrogens (tertiary/aromatic N) is 2. The summed E-state index contributed by atoms with van der Waals surface area (Å²) < 4.78 is 0. The minimum atomic E-state index is -4.33. The van der Waals surface area contributed by atoms with Gasteiger partial charge in [-0.15, -0.1) is 0 Å². The number of hydrogen-bond acceptors (Lipinski definition) is 7. The molecule has 0 saturated heterocycles. The average Bonchev–Trinajstić information content (AvgIpc) is 2.31. The Hall–Kier alpha value is -1.44. The van der Waals surface area contributed by atoms with E-state index in [9.17, 15) is 14.8 Å². The number of nitrogens with two attached hydrogens (primary N) is 1. The number of pyridine rings is 1. The van der Waals surface area contributed by atoms with Gasteiger partial charge in [0.1, 0.15) is 11.9 Å². The number of carbonyl (C=O) groups excluding carboxylic acids is 1. The number of rotatable bonds is 4. The lowest BCUT2D eigenvalue weighted by atomic mass is 10.1. The first kappa shape index (κ1) is 15.6. The van der Waals surface area contributed by atoms with Gasteiger partial charge in [-0.05, 0) is 6.92 Å². The molecule has 0 unspecified atom stereocenters. The Labute approximate surface area is 109 Å². The van der Waals surface area contributed by atoms with Crippen molar-refractivity contribution in [2.75, 3.05) is 6.54 Å². The number of aliphatic imine (C=N–C) groups is 1. The molecule has 0 radical (unpaired) electrons. The van der Waals surface area contributed by atoms with Gasteiger partial charge in [-0.25, -0.2) is 14.8 Å². The second-order valence-corrected chi connectivity index (χ2v) is 5.46. The van der Waals surface area contributed by atoms with Gasteiger partial charge in [0.25, 0.3) is 5.91 Å². The van der Waals surface area contributed by atoms with E-state index >= 15 is 0 Å². The van der Waals surface area contributed by atoms with Crippen molar-refractivity contribution in [2.45, 2.75) is 13.1 Å². The third-order valence-electron chi connectivity index (χ3n) is 2.25. The van der Waals surface area contributed by atoms with Crippen LogP contribution in [0.25, 0.3) is 0 Å². The molecule has 9 heteroatoms. The molecule has 0 aliphatic carbocycles. The van der Waals surface area contributed by atoms with Crippen LogP contribution in [0.2, 0.25) is 0 Å². The molecule has 0 aliphatic heterocycles. The molecule has 1 aromatic rings. The first-order valence-electron chi connectivity index (χ1n) is 5.23. The van der Waals surface area contributed by atoms with Crippen LogP contribution in [0.5, 0.6) is 5.75 Å². The topological polar surface area (TPSA) is 152 Å². The molecule has 19 heavy (non-hydrogen) atoms. The van der Waals surface area contributed by atoms with Crippen LogP contribution in [0.3, 0.4) is 0 Å². The normalized spacial score (nSPS) is 12.1. The van der Waals surface area contributed by atoms with Crippen LogP contribution < -0.4 is 10.6 Å². The number of carbonyl (C=O) groups is 1. The van der Waals surface area contributed by atoms with Crippen molar-refractivity contribution in [2.24, 2.45) is 10.7 Å². The van der Waals surface area contributed by atoms with Gasteiger partial charge in [0.2, 0.25) is 7.94 Å². The third-order valence-corrected chi connectivity index (χ3v) is 3.00. The minimum Gasteiger partial charge on any atom is -0.632 e. The highest BCUT2D eigenvalue weighted by Crippen LogP contribution is 2.44. The van der Waals surface area contributed by atoms with E-state index in [1.807, 2.05) is 0 Å². The Kier molecular flexibility index (Phi) is 5.04. The van der Waals surface area contributed by atoms with Gasteiger partial charge in [0, 0.05) is 23.5 Å². The quantitative estimate of drug-likeness (QED) is 0.392. The van der Waals surface area contributed by atoms with Crippen LogP contribution in [0.4, 0.5) is 0 Å². The molecule has 0 bridgehead atoms. The molecule has 1 amide bonds. The second-order valence-electron chi connectivity index (χ2n) is 3.81. The lowest BCUT2D eigenvalue weighted by Crippen LogP contribution is -2.13. The smallest absolute Gasteiger partial charge is 0.259 e. The highest BCUT2D eigenvalue weighted by atomic mass is 31.2. The third kappa shape index (κ3) is 4.62. The molecule has 0 atom stereocenters. The van der Waals surface area contributed by atoms with Crippen molar-refractivity contribution >= 4 is 20.1 Å². The summed E-state index contributed by atoms with van der Waals surface area (Å²) in [6.45, 7) is 1.22. The van der Waals surface area contributed by atoms with Crippen LogP contribution >= 0.6 is 7.94 Å². The predicted molar refractivity (Wildman–Crippen MR) is 67.4 cm³/mol. The average molecular weight is 287 g/mol. The summed E-state index contributed by atoms with van der Waals surface area (Å²) in [4.78, 5) is 47.2. The Morgan fingerprint density at radius 2 is 2.26 bits per heavy atom. The molecule has 0 spiro atoms. The Balaban J connectivity index is 3.21. The van der Waals surface area contributed by atoms with Crippen LogP contribution in [0.1, 0.15) is 16.8 Å². The zero-order chi connectivity index (χ0) is 14.6. The van der Waals surface area contributed by atoms with Crippen molar-refractivity contribution in [3.05, 3.63) is 23.0 Å². The van der Waals surface area contributed by atoms with Gasteiger partial charge in [-0.3, -0.25) is 9.78 Å². The highest BCUT2D eigenvalue weighted by Gasteiger charge is 2.23. The van der Waals surface area contributed by atoms with Gasteiger partial charge in [0.15, 0.2) is 0 Å². The molecule has 104 valence electrons. The molecule has 0 saturated carbocycles. The molecular formula is C10H14N3O5P. The lowest BCUT2D eigenvalue weighted by Gasteiger charge is -2.16. The summed E-state index contributed by atoms with van der Waals surface area (Å²) in [7, 11) is -4.33. The van der Waals surface area contributed by atoms with Crippen LogP contribution in [0.15, 0.2) is 11.2 Å². The summed E-state index contributed by atoms with van der Waals surface area (Å²) in [5.41, 5.74) is 5.50. The molecule has 1 aromatic heterocycles. The number of aromatic nitrogens is 1. The van der Waals surface area contributed by atoms with Gasteiger partial charge >= 0.3 is 0 Å². The van der Waals surface area contributed by atoms with Gasteiger partial charge in [-0.1, -0.05) is 0 Å². The molecule has 5 N–H and O–H groups in total. The minimum absolute atomic E-state index is 0.0534. The van der Waals surface area contributed by atoms with E-state index in [0.717, 1.165) is 6.21 Å². The van der Waals surface area contributed by atoms with Crippen molar-refractivity contribution in [3.8, 4) is 5.75 Å². The molecule has 0 aliphatic rings. The summed E-state index contributed by atoms with van der Waals surface area (Å²) in [6, 6.07) is 0. The Morgan fingerprint density at radius 1 is 1.63 bits per heavy atom. The van der Waals surface area contributed by atoms with E-state index in [1.54, 1.807) is 0 Å². The van der Waals surface area contributed by atoms with E-state index in [4.69, 9.17) is 15.5 Å². The highest BCUT2D eigenvalue weighted by molar-refractivity contribution is 7.56. The van der Waals surface area contributed by atoms with Crippen molar-refractivity contribution in [1.29, 1.82) is 0 Å². The van der Waals surface area contributed by atoms with E-state index < -0.39 is 20.0 Å². The van der Waals surface area contributed by atoms with E-state index in [-0.39, 0.29) is 29.1 Å². The standard InChI is InChI=1S/C10H14N3O5P/c1-6-10(15)8(4-13-9(14)2-11)7(3-12-6)5-19(16,17)18/h3-4,15H,2,5,11H2,1H3,(H2,16,17,18). The number of aromatic hydroxyl groups is 1. The second kappa shape index (κ2) is 6.14. The maximum absolute atomic E-state index is 11.0. The fraction of sp³-hybridized carbons (Fsp3) is 0.300. The summed E-state index contributed by atoms with van der Waals surface area (Å²) in [5.74, 6) is -0.893. The first-order chi connectivity index (χ1) is 8.74. The van der Waals surface area contributed by atoms with Crippen molar-refractivity contribution < 1.29 is 24.6 Å². The SMILES string of the molecule is Cc1ncc(C[P+]([O-])(O)O)c(C=NC(=O)CN)c1O. The Morgan fingerprint density at radius 3 is 2.79 bits per heavy atom. The maximum atomic E-state index is 11.0. The summed E-state index contributed by atoms with van der Waals surface area (Å²) in [5, 5.41) is 9.81. The lowest BCUT2D eigenvalue weighted by molar-refractivity contribution is -0.208. The fourth-order valence-corrected chi connectivity index (χ4v) is 2.03.